The summed E-state index contributed by atoms with van der Waals surface area (Å²) < 4.78 is 10.4. The molecule has 2 fully saturated rings. The van der Waals surface area contributed by atoms with Gasteiger partial charge in [-0.2, -0.15) is 0 Å². The minimum Gasteiger partial charge on any atom is -0.642 e. The lowest BCUT2D eigenvalue weighted by Gasteiger charge is -2.45. The fraction of sp³-hybridized carbons (Fsp3) is 0.750. The van der Waals surface area contributed by atoms with Crippen molar-refractivity contribution >= 4 is 18.6 Å². The Hall–Kier alpha value is -1.04. The van der Waals surface area contributed by atoms with E-state index in [1.807, 2.05) is 20.8 Å². The molecule has 0 radical (unpaired) electrons. The van der Waals surface area contributed by atoms with Gasteiger partial charge in [-0.05, 0) is 0 Å². The molecule has 5 nitrogen and oxygen atoms in total. The van der Waals surface area contributed by atoms with Crippen molar-refractivity contribution in [2.45, 2.75) is 26.1 Å². The highest BCUT2D eigenvalue weighted by atomic mass is 16.7. The zero-order valence-electron chi connectivity index (χ0n) is 8.57. The Kier molecular flexibility index (Phi) is 1.70. The lowest BCUT2D eigenvalue weighted by molar-refractivity contribution is -0.138. The molecule has 2 aliphatic heterocycles. The molecule has 2 saturated heterocycles. The lowest BCUT2D eigenvalue weighted by atomic mass is 9.49. The minimum absolute atomic E-state index is 0.156. The van der Waals surface area contributed by atoms with Gasteiger partial charge < -0.3 is 14.1 Å². The molecule has 0 spiro atoms. The van der Waals surface area contributed by atoms with Crippen LogP contribution in [0.5, 0.6) is 0 Å². The van der Waals surface area contributed by atoms with E-state index in [9.17, 15) is 9.59 Å². The molecule has 6 heteroatoms. The summed E-state index contributed by atoms with van der Waals surface area (Å²) in [5.41, 5.74) is 0. The van der Waals surface area contributed by atoms with Gasteiger partial charge in [0.15, 0.2) is 0 Å². The third-order valence-electron chi connectivity index (χ3n) is 2.82. The average molecular weight is 198 g/mol. The second-order valence-electron chi connectivity index (χ2n) is 4.92. The highest BCUT2D eigenvalue weighted by Crippen LogP contribution is 2.45. The second-order valence-corrected chi connectivity index (χ2v) is 4.92. The number of fused-ring (bicyclic) bond motifs is 1. The first-order chi connectivity index (χ1) is 6.35. The van der Waals surface area contributed by atoms with E-state index in [0.29, 0.717) is 0 Å². The van der Waals surface area contributed by atoms with E-state index in [2.05, 4.69) is 0 Å². The zero-order chi connectivity index (χ0) is 10.6. The van der Waals surface area contributed by atoms with E-state index < -0.39 is 6.69 Å². The summed E-state index contributed by atoms with van der Waals surface area (Å²) in [6.45, 7) is 4.11. The molecule has 14 heavy (non-hydrogen) atoms. The van der Waals surface area contributed by atoms with Crippen LogP contribution >= 0.6 is 0 Å². The van der Waals surface area contributed by atoms with Gasteiger partial charge in [0, 0.05) is 0 Å². The van der Waals surface area contributed by atoms with Gasteiger partial charge >= 0.3 is 6.69 Å². The first kappa shape index (κ1) is 9.52. The van der Waals surface area contributed by atoms with Crippen molar-refractivity contribution in [1.82, 2.24) is 4.81 Å². The van der Waals surface area contributed by atoms with Crippen LogP contribution < -0.4 is 0 Å². The van der Waals surface area contributed by atoms with Gasteiger partial charge in [-0.3, -0.25) is 9.59 Å². The fourth-order valence-electron chi connectivity index (χ4n) is 2.13. The smallest absolute Gasteiger partial charge is 0.437 e. The van der Waals surface area contributed by atoms with Gasteiger partial charge in [0.05, 0.1) is 13.1 Å². The molecule has 78 valence electrons. The fourth-order valence-corrected chi connectivity index (χ4v) is 2.13. The van der Waals surface area contributed by atoms with Crippen LogP contribution in [0.25, 0.3) is 0 Å². The average Bonchev–Trinajstić information content (AvgIpc) is 2.38. The molecular weight excluding hydrogens is 185 g/mol. The summed E-state index contributed by atoms with van der Waals surface area (Å²) in [4.78, 5) is 24.1. The van der Waals surface area contributed by atoms with Crippen LogP contribution in [0.3, 0.4) is 0 Å². The number of carbonyl (C=O) groups excluding carboxylic acids is 2. The van der Waals surface area contributed by atoms with Gasteiger partial charge in [0.25, 0.3) is 11.9 Å². The van der Waals surface area contributed by atoms with Crippen molar-refractivity contribution in [2.75, 3.05) is 13.1 Å². The third kappa shape index (κ3) is 1.07. The molecule has 0 aromatic carbocycles. The van der Waals surface area contributed by atoms with E-state index in [4.69, 9.17) is 9.31 Å². The lowest BCUT2D eigenvalue weighted by Crippen LogP contribution is -2.54. The molecule has 0 bridgehead atoms. The van der Waals surface area contributed by atoms with Crippen molar-refractivity contribution < 1.29 is 18.9 Å². The number of hydrogen-bond acceptors (Lipinski definition) is 5. The summed E-state index contributed by atoms with van der Waals surface area (Å²) in [7, 11) is 0. The van der Waals surface area contributed by atoms with E-state index >= 15 is 0 Å². The number of carbonyl (C=O) groups is 2. The number of hydrogen-bond donors (Lipinski definition) is 0. The van der Waals surface area contributed by atoms with Crippen LogP contribution in [-0.2, 0) is 18.9 Å². The van der Waals surface area contributed by atoms with Crippen LogP contribution in [0.4, 0.5) is 0 Å². The third-order valence-corrected chi connectivity index (χ3v) is 2.82. The molecule has 0 unspecified atom stereocenters. The van der Waals surface area contributed by atoms with Gasteiger partial charge in [0.2, 0.25) is 0 Å². The monoisotopic (exact) mass is 198 g/mol. The topological polar surface area (TPSA) is 55.8 Å². The second kappa shape index (κ2) is 2.50. The SMILES string of the molecule is CC(C)(C)[B-]12OC(=O)CN1CC(=O)O2. The highest BCUT2D eigenvalue weighted by molar-refractivity contribution is 6.73. The summed E-state index contributed by atoms with van der Waals surface area (Å²) in [5, 5.41) is -0.377. The molecule has 2 rings (SSSR count). The number of nitrogens with zero attached hydrogens (tertiary/aromatic N) is 1. The molecule has 2 aliphatic rings. The number of rotatable bonds is 0. The van der Waals surface area contributed by atoms with Crippen LogP contribution in [0.1, 0.15) is 20.8 Å². The summed E-state index contributed by atoms with van der Waals surface area (Å²) >= 11 is 0. The Morgan fingerprint density at radius 2 is 1.57 bits per heavy atom. The maximum atomic E-state index is 11.2. The Morgan fingerprint density at radius 1 is 1.14 bits per heavy atom. The molecule has 0 atom stereocenters. The highest BCUT2D eigenvalue weighted by Gasteiger charge is 2.58. The molecule has 0 aromatic heterocycles. The van der Waals surface area contributed by atoms with Crippen LogP contribution in [-0.4, -0.2) is 36.5 Å². The zero-order valence-corrected chi connectivity index (χ0v) is 8.57. The van der Waals surface area contributed by atoms with E-state index in [0.717, 1.165) is 0 Å². The van der Waals surface area contributed by atoms with Crippen molar-refractivity contribution in [3.05, 3.63) is 0 Å². The van der Waals surface area contributed by atoms with E-state index in [-0.39, 0.29) is 30.3 Å². The first-order valence-corrected chi connectivity index (χ1v) is 4.67. The Balaban J connectivity index is 2.39. The van der Waals surface area contributed by atoms with Gasteiger partial charge in [-0.15, -0.1) is 0 Å². The summed E-state index contributed by atoms with van der Waals surface area (Å²) in [6.07, 6.45) is 0. The van der Waals surface area contributed by atoms with Gasteiger partial charge in [-0.1, -0.05) is 26.1 Å². The van der Waals surface area contributed by atoms with Crippen molar-refractivity contribution in [3.63, 3.8) is 0 Å². The van der Waals surface area contributed by atoms with Crippen molar-refractivity contribution in [1.29, 1.82) is 0 Å². The minimum atomic E-state index is -1.91. The molecule has 0 N–H and O–H groups in total. The van der Waals surface area contributed by atoms with Crippen molar-refractivity contribution in [3.8, 4) is 0 Å². The summed E-state index contributed by atoms with van der Waals surface area (Å²) in [5.74, 6) is -0.625. The Bertz CT molecular complexity index is 289. The molecule has 2 heterocycles. The van der Waals surface area contributed by atoms with E-state index in [1.54, 1.807) is 4.81 Å². The maximum absolute atomic E-state index is 11.2. The maximum Gasteiger partial charge on any atom is 0.437 e. The Morgan fingerprint density at radius 3 is 1.86 bits per heavy atom. The van der Waals surface area contributed by atoms with Crippen LogP contribution in [0, 0.1) is 0 Å². The first-order valence-electron chi connectivity index (χ1n) is 4.67. The molecule has 0 aromatic rings. The van der Waals surface area contributed by atoms with E-state index in [1.165, 1.54) is 0 Å². The summed E-state index contributed by atoms with van der Waals surface area (Å²) in [6, 6.07) is 0. The van der Waals surface area contributed by atoms with Crippen molar-refractivity contribution in [2.24, 2.45) is 0 Å². The molecule has 0 aliphatic carbocycles. The normalized spacial score (nSPS) is 25.9. The van der Waals surface area contributed by atoms with Crippen LogP contribution in [0.15, 0.2) is 0 Å². The van der Waals surface area contributed by atoms with Crippen LogP contribution in [0.2, 0.25) is 5.31 Å². The van der Waals surface area contributed by atoms with Gasteiger partial charge in [-0.25, -0.2) is 0 Å². The predicted octanol–water partition coefficient (Wildman–Crippen LogP) is 0.141. The molecule has 0 amide bonds. The molecule has 0 saturated carbocycles. The predicted molar refractivity (Wildman–Crippen MR) is 49.2 cm³/mol. The quantitative estimate of drug-likeness (QED) is 0.518. The Labute approximate surface area is 82.3 Å². The van der Waals surface area contributed by atoms with Gasteiger partial charge in [0.1, 0.15) is 0 Å². The largest absolute Gasteiger partial charge is 0.642 e. The molecular formula is C8H13BNO4-. The standard InChI is InChI=1S/C8H13BNO4/c1-8(2,3)9-10(4-6(11)13-9)5-7(12)14-9/h4-5H2,1-3H3/q-1.